The third kappa shape index (κ3) is 5.33. The van der Waals surface area contributed by atoms with Crippen molar-refractivity contribution in [1.29, 1.82) is 0 Å². The fraction of sp³-hybridized carbons (Fsp3) is 0.357. The van der Waals surface area contributed by atoms with Crippen molar-refractivity contribution in [2.45, 2.75) is 45.7 Å². The molecule has 0 radical (unpaired) electrons. The van der Waals surface area contributed by atoms with Crippen molar-refractivity contribution in [3.63, 3.8) is 0 Å². The van der Waals surface area contributed by atoms with E-state index < -0.39 is 0 Å². The number of carbonyl (C=O) groups is 2. The van der Waals surface area contributed by atoms with Gasteiger partial charge in [-0.3, -0.25) is 9.59 Å². The van der Waals surface area contributed by atoms with Gasteiger partial charge in [0.15, 0.2) is 0 Å². The van der Waals surface area contributed by atoms with Crippen molar-refractivity contribution in [3.05, 3.63) is 88.7 Å². The van der Waals surface area contributed by atoms with Gasteiger partial charge in [0, 0.05) is 42.6 Å². The lowest BCUT2D eigenvalue weighted by atomic mass is 10.0. The molecule has 4 rings (SSSR count). The molecule has 2 heterocycles. The first kappa shape index (κ1) is 23.6. The molecule has 1 aromatic heterocycles. The standard InChI is InChI=1S/C28H33N3O3/c1-20-17-25(21(2)31(20)19-22-9-5-4-6-10-22)28(33)29-24-13-15-30(16-14-24)27(32)18-23-11-7-8-12-26(23)34-3/h4-12,17,24H,13-16,18-19H2,1-3H3,(H,29,33). The van der Waals surface area contributed by atoms with E-state index in [1.165, 1.54) is 5.56 Å². The second-order valence-electron chi connectivity index (χ2n) is 8.97. The Labute approximate surface area is 201 Å². The van der Waals surface area contributed by atoms with E-state index in [2.05, 4.69) is 22.0 Å². The average molecular weight is 460 g/mol. The highest BCUT2D eigenvalue weighted by Gasteiger charge is 2.26. The quantitative estimate of drug-likeness (QED) is 0.578. The number of nitrogens with zero attached hydrogens (tertiary/aromatic N) is 2. The van der Waals surface area contributed by atoms with Gasteiger partial charge in [0.25, 0.3) is 5.91 Å². The molecule has 1 saturated heterocycles. The Kier molecular flexibility index (Phi) is 7.36. The van der Waals surface area contributed by atoms with Crippen molar-refractivity contribution in [2.75, 3.05) is 20.2 Å². The maximum Gasteiger partial charge on any atom is 0.253 e. The maximum atomic E-state index is 13.1. The lowest BCUT2D eigenvalue weighted by Crippen LogP contribution is -2.47. The Morgan fingerprint density at radius 3 is 2.38 bits per heavy atom. The minimum atomic E-state index is -0.0359. The molecule has 0 saturated carbocycles. The maximum absolute atomic E-state index is 13.1. The van der Waals surface area contributed by atoms with Crippen LogP contribution in [0.5, 0.6) is 5.75 Å². The molecule has 2 amide bonds. The van der Waals surface area contributed by atoms with Gasteiger partial charge in [-0.15, -0.1) is 0 Å². The number of likely N-dealkylation sites (tertiary alicyclic amines) is 1. The number of nitrogens with one attached hydrogen (secondary N) is 1. The predicted octanol–water partition coefficient (Wildman–Crippen LogP) is 4.13. The number of ether oxygens (including phenoxy) is 1. The van der Waals surface area contributed by atoms with Gasteiger partial charge < -0.3 is 19.5 Å². The van der Waals surface area contributed by atoms with Gasteiger partial charge in [-0.05, 0) is 44.4 Å². The van der Waals surface area contributed by atoms with Crippen molar-refractivity contribution < 1.29 is 14.3 Å². The Morgan fingerprint density at radius 1 is 1.00 bits per heavy atom. The van der Waals surface area contributed by atoms with Crippen LogP contribution in [0, 0.1) is 13.8 Å². The normalized spacial score (nSPS) is 14.1. The molecule has 0 atom stereocenters. The van der Waals surface area contributed by atoms with E-state index in [0.717, 1.165) is 47.7 Å². The summed E-state index contributed by atoms with van der Waals surface area (Å²) in [7, 11) is 1.62. The first-order valence-electron chi connectivity index (χ1n) is 11.9. The lowest BCUT2D eigenvalue weighted by Gasteiger charge is -2.32. The number of rotatable bonds is 7. The van der Waals surface area contributed by atoms with Gasteiger partial charge in [0.1, 0.15) is 5.75 Å². The van der Waals surface area contributed by atoms with Gasteiger partial charge in [-0.1, -0.05) is 48.5 Å². The number of benzene rings is 2. The summed E-state index contributed by atoms with van der Waals surface area (Å²) < 4.78 is 7.55. The smallest absolute Gasteiger partial charge is 0.253 e. The lowest BCUT2D eigenvalue weighted by molar-refractivity contribution is -0.131. The first-order chi connectivity index (χ1) is 16.5. The molecular weight excluding hydrogens is 426 g/mol. The van der Waals surface area contributed by atoms with E-state index in [9.17, 15) is 9.59 Å². The molecule has 3 aromatic rings. The molecule has 1 aliphatic rings. The van der Waals surface area contributed by atoms with E-state index in [-0.39, 0.29) is 17.9 Å². The number of para-hydroxylation sites is 1. The summed E-state index contributed by atoms with van der Waals surface area (Å²) in [6.45, 7) is 6.08. The van der Waals surface area contributed by atoms with Crippen LogP contribution in [0.3, 0.4) is 0 Å². The summed E-state index contributed by atoms with van der Waals surface area (Å²) in [4.78, 5) is 27.8. The summed E-state index contributed by atoms with van der Waals surface area (Å²) >= 11 is 0. The molecule has 0 aliphatic carbocycles. The van der Waals surface area contributed by atoms with Crippen LogP contribution in [0.15, 0.2) is 60.7 Å². The SMILES string of the molecule is COc1ccccc1CC(=O)N1CCC(NC(=O)c2cc(C)n(Cc3ccccc3)c2C)CC1. The highest BCUT2D eigenvalue weighted by molar-refractivity contribution is 5.96. The van der Waals surface area contributed by atoms with Crippen LogP contribution >= 0.6 is 0 Å². The molecule has 34 heavy (non-hydrogen) atoms. The van der Waals surface area contributed by atoms with Gasteiger partial charge in [-0.2, -0.15) is 0 Å². The molecule has 6 nitrogen and oxygen atoms in total. The summed E-state index contributed by atoms with van der Waals surface area (Å²) in [6.07, 6.45) is 1.84. The molecular formula is C28H33N3O3. The number of methoxy groups -OCH3 is 1. The van der Waals surface area contributed by atoms with Gasteiger partial charge in [0.2, 0.25) is 5.91 Å². The van der Waals surface area contributed by atoms with Crippen LogP contribution in [-0.4, -0.2) is 47.5 Å². The topological polar surface area (TPSA) is 63.6 Å². The fourth-order valence-electron chi connectivity index (χ4n) is 4.70. The molecule has 1 N–H and O–H groups in total. The zero-order valence-electron chi connectivity index (χ0n) is 20.2. The van der Waals surface area contributed by atoms with Crippen LogP contribution < -0.4 is 10.1 Å². The van der Waals surface area contributed by atoms with Crippen LogP contribution in [0.4, 0.5) is 0 Å². The molecule has 178 valence electrons. The van der Waals surface area contributed by atoms with Gasteiger partial charge in [0.05, 0.1) is 19.1 Å². The molecule has 0 bridgehead atoms. The van der Waals surface area contributed by atoms with E-state index in [1.807, 2.05) is 67.3 Å². The summed E-state index contributed by atoms with van der Waals surface area (Å²) in [6, 6.07) is 19.9. The van der Waals surface area contributed by atoms with Crippen LogP contribution in [0.2, 0.25) is 0 Å². The molecule has 6 heteroatoms. The Balaban J connectivity index is 1.32. The van der Waals surface area contributed by atoms with Crippen LogP contribution in [-0.2, 0) is 17.8 Å². The molecule has 1 aliphatic heterocycles. The Morgan fingerprint density at radius 2 is 1.68 bits per heavy atom. The average Bonchev–Trinajstić information content (AvgIpc) is 3.14. The second-order valence-corrected chi connectivity index (χ2v) is 8.97. The minimum absolute atomic E-state index is 0.0359. The largest absolute Gasteiger partial charge is 0.496 e. The van der Waals surface area contributed by atoms with Gasteiger partial charge >= 0.3 is 0 Å². The predicted molar refractivity (Wildman–Crippen MR) is 133 cm³/mol. The van der Waals surface area contributed by atoms with Crippen molar-refractivity contribution in [2.24, 2.45) is 0 Å². The van der Waals surface area contributed by atoms with Crippen molar-refractivity contribution >= 4 is 11.8 Å². The van der Waals surface area contributed by atoms with E-state index in [1.54, 1.807) is 7.11 Å². The second kappa shape index (κ2) is 10.6. The molecule has 2 aromatic carbocycles. The monoisotopic (exact) mass is 459 g/mol. The number of amides is 2. The number of hydrogen-bond acceptors (Lipinski definition) is 3. The molecule has 0 spiro atoms. The van der Waals surface area contributed by atoms with E-state index in [4.69, 9.17) is 4.74 Å². The van der Waals surface area contributed by atoms with Gasteiger partial charge in [-0.25, -0.2) is 0 Å². The summed E-state index contributed by atoms with van der Waals surface area (Å²) in [5.41, 5.74) is 4.88. The first-order valence-corrected chi connectivity index (χ1v) is 11.9. The Bertz CT molecular complexity index is 1140. The zero-order chi connectivity index (χ0) is 24.1. The number of piperidine rings is 1. The zero-order valence-corrected chi connectivity index (χ0v) is 20.2. The van der Waals surface area contributed by atoms with Crippen molar-refractivity contribution in [3.8, 4) is 5.75 Å². The van der Waals surface area contributed by atoms with Crippen LogP contribution in [0.1, 0.15) is 45.7 Å². The van der Waals surface area contributed by atoms with Crippen molar-refractivity contribution in [1.82, 2.24) is 14.8 Å². The van der Waals surface area contributed by atoms with E-state index in [0.29, 0.717) is 19.5 Å². The highest BCUT2D eigenvalue weighted by atomic mass is 16.5. The van der Waals surface area contributed by atoms with Crippen LogP contribution in [0.25, 0.3) is 0 Å². The molecule has 1 fully saturated rings. The summed E-state index contributed by atoms with van der Waals surface area (Å²) in [5.74, 6) is 0.799. The highest BCUT2D eigenvalue weighted by Crippen LogP contribution is 2.21. The number of carbonyl (C=O) groups excluding carboxylic acids is 2. The minimum Gasteiger partial charge on any atom is -0.496 e. The van der Waals surface area contributed by atoms with E-state index >= 15 is 0 Å². The Hall–Kier alpha value is -3.54. The fourth-order valence-corrected chi connectivity index (χ4v) is 4.70. The number of aromatic nitrogens is 1. The third-order valence-corrected chi connectivity index (χ3v) is 6.72. The summed E-state index contributed by atoms with van der Waals surface area (Å²) in [5, 5.41) is 3.20. The third-order valence-electron chi connectivity index (χ3n) is 6.72. The molecule has 0 unspecified atom stereocenters. The number of hydrogen-bond donors (Lipinski definition) is 1. The number of aryl methyl sites for hydroxylation is 1.